The lowest BCUT2D eigenvalue weighted by molar-refractivity contribution is 0.0469. The molecule has 0 aromatic carbocycles. The quantitative estimate of drug-likeness (QED) is 0.628. The Hall–Kier alpha value is -0.120. The highest BCUT2D eigenvalue weighted by Gasteiger charge is 2.26. The zero-order valence-electron chi connectivity index (χ0n) is 8.05. The molecule has 11 heavy (non-hydrogen) atoms. The maximum atomic E-state index is 5.65. The zero-order chi connectivity index (χ0) is 8.91. The van der Waals surface area contributed by atoms with E-state index in [0.29, 0.717) is 13.2 Å². The average Bonchev–Trinajstić information content (AvgIpc) is 2.03. The number of hydrogen-bond acceptors (Lipinski definition) is 3. The van der Waals surface area contributed by atoms with Gasteiger partial charge in [0.05, 0.1) is 12.1 Å². The van der Waals surface area contributed by atoms with Gasteiger partial charge in [-0.05, 0) is 20.5 Å². The van der Waals surface area contributed by atoms with Gasteiger partial charge in [-0.2, -0.15) is 0 Å². The third kappa shape index (κ3) is 2.77. The summed E-state index contributed by atoms with van der Waals surface area (Å²) < 4.78 is 5.10. The lowest BCUT2D eigenvalue weighted by Crippen LogP contribution is -2.52. The fourth-order valence-electron chi connectivity index (χ4n) is 1.02. The minimum absolute atomic E-state index is 0.0104. The Balaban J connectivity index is 4.07. The summed E-state index contributed by atoms with van der Waals surface area (Å²) in [5.41, 5.74) is 5.64. The summed E-state index contributed by atoms with van der Waals surface area (Å²) in [5.74, 6) is 0. The van der Waals surface area contributed by atoms with Crippen molar-refractivity contribution in [2.75, 3.05) is 33.9 Å². The summed E-state index contributed by atoms with van der Waals surface area (Å²) in [6.45, 7) is 6.54. The van der Waals surface area contributed by atoms with E-state index in [-0.39, 0.29) is 5.54 Å². The van der Waals surface area contributed by atoms with Crippen LogP contribution in [0, 0.1) is 0 Å². The van der Waals surface area contributed by atoms with E-state index in [1.807, 2.05) is 0 Å². The molecule has 0 rings (SSSR count). The molecule has 3 nitrogen and oxygen atoms in total. The second-order valence-electron chi connectivity index (χ2n) is 3.15. The average molecular weight is 160 g/mol. The van der Waals surface area contributed by atoms with Crippen molar-refractivity contribution in [1.29, 1.82) is 0 Å². The summed E-state index contributed by atoms with van der Waals surface area (Å²) in [7, 11) is 3.77. The molecule has 0 spiro atoms. The molecular weight excluding hydrogens is 140 g/mol. The number of likely N-dealkylation sites (N-methyl/N-ethyl adjacent to an activating group) is 1. The normalized spacial score (nSPS) is 16.9. The van der Waals surface area contributed by atoms with E-state index in [4.69, 9.17) is 10.5 Å². The van der Waals surface area contributed by atoms with E-state index in [2.05, 4.69) is 25.8 Å². The van der Waals surface area contributed by atoms with Gasteiger partial charge < -0.3 is 10.5 Å². The van der Waals surface area contributed by atoms with Gasteiger partial charge in [0.1, 0.15) is 0 Å². The summed E-state index contributed by atoms with van der Waals surface area (Å²) in [4.78, 5) is 2.20. The first-order valence-electron chi connectivity index (χ1n) is 4.01. The predicted molar refractivity (Wildman–Crippen MR) is 47.6 cm³/mol. The molecule has 1 atom stereocenters. The third-order valence-corrected chi connectivity index (χ3v) is 2.29. The van der Waals surface area contributed by atoms with Crippen molar-refractivity contribution in [3.63, 3.8) is 0 Å². The van der Waals surface area contributed by atoms with Crippen LogP contribution in [-0.4, -0.2) is 44.3 Å². The molecule has 0 saturated carbocycles. The summed E-state index contributed by atoms with van der Waals surface area (Å²) in [6, 6.07) is 0. The Morgan fingerprint density at radius 2 is 2.09 bits per heavy atom. The molecule has 0 aliphatic rings. The molecule has 0 bridgehead atoms. The van der Waals surface area contributed by atoms with Crippen molar-refractivity contribution in [3.8, 4) is 0 Å². The number of hydrogen-bond donors (Lipinski definition) is 1. The van der Waals surface area contributed by atoms with Gasteiger partial charge in [0.25, 0.3) is 0 Å². The number of rotatable bonds is 5. The third-order valence-electron chi connectivity index (χ3n) is 2.29. The molecule has 0 aromatic rings. The van der Waals surface area contributed by atoms with Crippen LogP contribution in [0.2, 0.25) is 0 Å². The van der Waals surface area contributed by atoms with Crippen LogP contribution < -0.4 is 5.73 Å². The number of methoxy groups -OCH3 is 1. The van der Waals surface area contributed by atoms with Gasteiger partial charge in [0.2, 0.25) is 0 Å². The summed E-state index contributed by atoms with van der Waals surface area (Å²) >= 11 is 0. The number of ether oxygens (including phenoxy) is 1. The maximum Gasteiger partial charge on any atom is 0.0656 e. The molecule has 68 valence electrons. The van der Waals surface area contributed by atoms with Crippen LogP contribution in [-0.2, 0) is 4.74 Å². The molecule has 0 saturated heterocycles. The topological polar surface area (TPSA) is 38.5 Å². The lowest BCUT2D eigenvalue weighted by atomic mass is 10.0. The molecule has 0 amide bonds. The minimum Gasteiger partial charge on any atom is -0.383 e. The zero-order valence-corrected chi connectivity index (χ0v) is 8.05. The molecular formula is C8H20N2O. The largest absolute Gasteiger partial charge is 0.383 e. The van der Waals surface area contributed by atoms with Crippen LogP contribution >= 0.6 is 0 Å². The van der Waals surface area contributed by atoms with Crippen LogP contribution in [0.1, 0.15) is 13.8 Å². The molecule has 0 aromatic heterocycles. The fourth-order valence-corrected chi connectivity index (χ4v) is 1.02. The SMILES string of the molecule is CCN(C)C(C)(CN)COC. The monoisotopic (exact) mass is 160 g/mol. The Bertz CT molecular complexity index is 108. The van der Waals surface area contributed by atoms with Gasteiger partial charge in [0.15, 0.2) is 0 Å². The Morgan fingerprint density at radius 3 is 2.36 bits per heavy atom. The van der Waals surface area contributed by atoms with Crippen molar-refractivity contribution >= 4 is 0 Å². The van der Waals surface area contributed by atoms with Gasteiger partial charge >= 0.3 is 0 Å². The standard InChI is InChI=1S/C8H20N2O/c1-5-10(3)8(2,6-9)7-11-4/h5-7,9H2,1-4H3. The van der Waals surface area contributed by atoms with Crippen LogP contribution in [0.25, 0.3) is 0 Å². The number of nitrogens with two attached hydrogens (primary N) is 1. The highest BCUT2D eigenvalue weighted by molar-refractivity contribution is 4.84. The first kappa shape index (κ1) is 10.9. The Kier molecular flexibility index (Phi) is 4.65. The van der Waals surface area contributed by atoms with E-state index >= 15 is 0 Å². The lowest BCUT2D eigenvalue weighted by Gasteiger charge is -2.36. The summed E-state index contributed by atoms with van der Waals surface area (Å²) in [5, 5.41) is 0. The molecule has 0 radical (unpaired) electrons. The van der Waals surface area contributed by atoms with Crippen molar-refractivity contribution in [2.24, 2.45) is 5.73 Å². The second kappa shape index (κ2) is 4.70. The van der Waals surface area contributed by atoms with Gasteiger partial charge in [-0.3, -0.25) is 4.90 Å². The van der Waals surface area contributed by atoms with E-state index in [1.165, 1.54) is 0 Å². The van der Waals surface area contributed by atoms with Gasteiger partial charge in [0, 0.05) is 13.7 Å². The molecule has 3 heteroatoms. The van der Waals surface area contributed by atoms with Gasteiger partial charge in [-0.15, -0.1) is 0 Å². The van der Waals surface area contributed by atoms with E-state index in [1.54, 1.807) is 7.11 Å². The molecule has 1 unspecified atom stereocenters. The van der Waals surface area contributed by atoms with E-state index in [0.717, 1.165) is 6.54 Å². The smallest absolute Gasteiger partial charge is 0.0656 e. The fraction of sp³-hybridized carbons (Fsp3) is 1.00. The minimum atomic E-state index is -0.0104. The predicted octanol–water partition coefficient (Wildman–Crippen LogP) is 0.302. The molecule has 0 fully saturated rings. The number of nitrogens with zero attached hydrogens (tertiary/aromatic N) is 1. The molecule has 0 aliphatic carbocycles. The van der Waals surface area contributed by atoms with Crippen molar-refractivity contribution in [1.82, 2.24) is 4.90 Å². The maximum absolute atomic E-state index is 5.65. The van der Waals surface area contributed by atoms with Gasteiger partial charge in [-0.1, -0.05) is 6.92 Å². The molecule has 0 aliphatic heterocycles. The summed E-state index contributed by atoms with van der Waals surface area (Å²) in [6.07, 6.45) is 0. The van der Waals surface area contributed by atoms with Crippen molar-refractivity contribution in [3.05, 3.63) is 0 Å². The highest BCUT2D eigenvalue weighted by atomic mass is 16.5. The van der Waals surface area contributed by atoms with Gasteiger partial charge in [-0.25, -0.2) is 0 Å². The van der Waals surface area contributed by atoms with Crippen molar-refractivity contribution in [2.45, 2.75) is 19.4 Å². The second-order valence-corrected chi connectivity index (χ2v) is 3.15. The van der Waals surface area contributed by atoms with Crippen molar-refractivity contribution < 1.29 is 4.74 Å². The molecule has 2 N–H and O–H groups in total. The first-order chi connectivity index (χ1) is 5.10. The Labute approximate surface area is 69.5 Å². The van der Waals surface area contributed by atoms with E-state index in [9.17, 15) is 0 Å². The first-order valence-corrected chi connectivity index (χ1v) is 4.01. The van der Waals surface area contributed by atoms with E-state index < -0.39 is 0 Å². The van der Waals surface area contributed by atoms with Crippen LogP contribution in [0.15, 0.2) is 0 Å². The Morgan fingerprint density at radius 1 is 1.55 bits per heavy atom. The highest BCUT2D eigenvalue weighted by Crippen LogP contribution is 2.10. The van der Waals surface area contributed by atoms with Crippen LogP contribution in [0.3, 0.4) is 0 Å². The van der Waals surface area contributed by atoms with Crippen LogP contribution in [0.4, 0.5) is 0 Å². The molecule has 0 heterocycles. The van der Waals surface area contributed by atoms with Crippen LogP contribution in [0.5, 0.6) is 0 Å².